The van der Waals surface area contributed by atoms with Crippen molar-refractivity contribution in [2.24, 2.45) is 0 Å². The minimum absolute atomic E-state index is 0.216. The van der Waals surface area contributed by atoms with E-state index in [4.69, 9.17) is 14.6 Å². The van der Waals surface area contributed by atoms with Gasteiger partial charge in [-0.15, -0.1) is 6.58 Å². The van der Waals surface area contributed by atoms with Gasteiger partial charge in [0.15, 0.2) is 0 Å². The zero-order chi connectivity index (χ0) is 23.6. The second-order valence-corrected chi connectivity index (χ2v) is 8.25. The summed E-state index contributed by atoms with van der Waals surface area (Å²) in [6.07, 6.45) is 1.86. The molecule has 33 heavy (non-hydrogen) atoms. The maximum absolute atomic E-state index is 10.5. The van der Waals surface area contributed by atoms with Gasteiger partial charge in [-0.2, -0.15) is 5.10 Å². The monoisotopic (exact) mass is 449 g/mol. The largest absolute Gasteiger partial charge is 0.439 e. The zero-order valence-corrected chi connectivity index (χ0v) is 19.9. The SMILES string of the molecule is C=CCOC[C@H](O)CN(Cc1c(CC)nn(-c2ccccc2)c1Oc1ccccc1)C(C)C. The van der Waals surface area contributed by atoms with Gasteiger partial charge in [0.2, 0.25) is 5.88 Å². The number of aryl methyl sites for hydroxylation is 1. The van der Waals surface area contributed by atoms with Crippen molar-refractivity contribution in [2.45, 2.75) is 45.9 Å². The van der Waals surface area contributed by atoms with Crippen LogP contribution in [0.15, 0.2) is 73.3 Å². The van der Waals surface area contributed by atoms with Crippen molar-refractivity contribution in [3.8, 4) is 17.3 Å². The molecule has 0 saturated heterocycles. The second kappa shape index (κ2) is 12.3. The van der Waals surface area contributed by atoms with Crippen LogP contribution in [0.2, 0.25) is 0 Å². The van der Waals surface area contributed by atoms with Crippen LogP contribution in [0, 0.1) is 0 Å². The first kappa shape index (κ1) is 24.7. The lowest BCUT2D eigenvalue weighted by Gasteiger charge is -2.29. The number of para-hydroxylation sites is 2. The van der Waals surface area contributed by atoms with Crippen molar-refractivity contribution in [2.75, 3.05) is 19.8 Å². The van der Waals surface area contributed by atoms with Crippen molar-refractivity contribution >= 4 is 0 Å². The Balaban J connectivity index is 1.96. The average Bonchev–Trinajstić information content (AvgIpc) is 3.17. The fourth-order valence-corrected chi connectivity index (χ4v) is 3.64. The number of aliphatic hydroxyl groups excluding tert-OH is 1. The van der Waals surface area contributed by atoms with E-state index in [-0.39, 0.29) is 12.6 Å². The van der Waals surface area contributed by atoms with Crippen molar-refractivity contribution in [3.05, 3.63) is 84.6 Å². The lowest BCUT2D eigenvalue weighted by atomic mass is 10.1. The van der Waals surface area contributed by atoms with E-state index in [1.54, 1.807) is 6.08 Å². The average molecular weight is 450 g/mol. The second-order valence-electron chi connectivity index (χ2n) is 8.25. The summed E-state index contributed by atoms with van der Waals surface area (Å²) in [5.41, 5.74) is 2.95. The Morgan fingerprint density at radius 3 is 2.36 bits per heavy atom. The number of aliphatic hydroxyl groups is 1. The molecule has 0 aliphatic rings. The van der Waals surface area contributed by atoms with E-state index in [1.807, 2.05) is 65.3 Å². The highest BCUT2D eigenvalue weighted by Crippen LogP contribution is 2.32. The van der Waals surface area contributed by atoms with Crippen molar-refractivity contribution < 1.29 is 14.6 Å². The van der Waals surface area contributed by atoms with Gasteiger partial charge < -0.3 is 14.6 Å². The molecular weight excluding hydrogens is 414 g/mol. The summed E-state index contributed by atoms with van der Waals surface area (Å²) in [6.45, 7) is 11.8. The Kier molecular flexibility index (Phi) is 9.24. The van der Waals surface area contributed by atoms with E-state index in [9.17, 15) is 5.11 Å². The van der Waals surface area contributed by atoms with Gasteiger partial charge in [-0.1, -0.05) is 49.4 Å². The molecule has 1 heterocycles. The summed E-state index contributed by atoms with van der Waals surface area (Å²) < 4.78 is 13.7. The molecule has 0 aliphatic carbocycles. The molecule has 0 radical (unpaired) electrons. The lowest BCUT2D eigenvalue weighted by Crippen LogP contribution is -2.39. The standard InChI is InChI=1S/C27H35N3O3/c1-5-17-32-20-23(31)18-29(21(3)4)19-25-26(6-2)28-30(22-13-9-7-10-14-22)27(25)33-24-15-11-8-12-16-24/h5,7-16,21,23,31H,1,6,17-20H2,2-4H3/t23-/m1/s1. The number of ether oxygens (including phenoxy) is 2. The molecule has 1 atom stereocenters. The highest BCUT2D eigenvalue weighted by atomic mass is 16.5. The number of aromatic nitrogens is 2. The van der Waals surface area contributed by atoms with Gasteiger partial charge in [0.1, 0.15) is 5.75 Å². The molecule has 176 valence electrons. The van der Waals surface area contributed by atoms with E-state index in [0.29, 0.717) is 25.6 Å². The van der Waals surface area contributed by atoms with Crippen LogP contribution in [0.25, 0.3) is 5.69 Å². The van der Waals surface area contributed by atoms with E-state index >= 15 is 0 Å². The number of nitrogens with zero attached hydrogens (tertiary/aromatic N) is 3. The third kappa shape index (κ3) is 6.78. The highest BCUT2D eigenvalue weighted by Gasteiger charge is 2.24. The molecule has 3 rings (SSSR count). The van der Waals surface area contributed by atoms with Crippen LogP contribution in [0.1, 0.15) is 32.0 Å². The van der Waals surface area contributed by atoms with E-state index < -0.39 is 6.10 Å². The molecule has 0 fully saturated rings. The number of benzene rings is 2. The molecule has 0 amide bonds. The van der Waals surface area contributed by atoms with E-state index in [1.165, 1.54) is 0 Å². The predicted octanol–water partition coefficient (Wildman–Crippen LogP) is 5.00. The fraction of sp³-hybridized carbons (Fsp3) is 0.370. The minimum atomic E-state index is -0.597. The third-order valence-electron chi connectivity index (χ3n) is 5.40. The number of hydrogen-bond donors (Lipinski definition) is 1. The van der Waals surface area contributed by atoms with Crippen LogP contribution in [0.3, 0.4) is 0 Å². The Morgan fingerprint density at radius 2 is 1.76 bits per heavy atom. The van der Waals surface area contributed by atoms with Crippen LogP contribution in [-0.4, -0.2) is 51.7 Å². The van der Waals surface area contributed by atoms with E-state index in [0.717, 1.165) is 29.1 Å². The zero-order valence-electron chi connectivity index (χ0n) is 19.9. The highest BCUT2D eigenvalue weighted by molar-refractivity contribution is 5.43. The molecule has 0 aliphatic heterocycles. The molecule has 1 N–H and O–H groups in total. The predicted molar refractivity (Wildman–Crippen MR) is 132 cm³/mol. The van der Waals surface area contributed by atoms with Crippen LogP contribution < -0.4 is 4.74 Å². The maximum atomic E-state index is 10.5. The number of hydrogen-bond acceptors (Lipinski definition) is 5. The normalized spacial score (nSPS) is 12.3. The summed E-state index contributed by atoms with van der Waals surface area (Å²) in [4.78, 5) is 2.23. The van der Waals surface area contributed by atoms with Crippen LogP contribution in [-0.2, 0) is 17.7 Å². The molecule has 0 unspecified atom stereocenters. The smallest absolute Gasteiger partial charge is 0.227 e. The Hall–Kier alpha value is -2.93. The molecule has 6 heteroatoms. The maximum Gasteiger partial charge on any atom is 0.227 e. The van der Waals surface area contributed by atoms with Crippen LogP contribution in [0.5, 0.6) is 11.6 Å². The first-order valence-corrected chi connectivity index (χ1v) is 11.5. The Bertz CT molecular complexity index is 987. The van der Waals surface area contributed by atoms with E-state index in [2.05, 4.69) is 32.3 Å². The molecule has 3 aromatic rings. The van der Waals surface area contributed by atoms with Gasteiger partial charge in [0, 0.05) is 19.1 Å². The minimum Gasteiger partial charge on any atom is -0.439 e. The molecule has 1 aromatic heterocycles. The number of rotatable bonds is 13. The van der Waals surface area contributed by atoms with Gasteiger partial charge in [-0.25, -0.2) is 4.68 Å². The summed E-state index contributed by atoms with van der Waals surface area (Å²) in [6, 6.07) is 20.0. The summed E-state index contributed by atoms with van der Waals surface area (Å²) in [7, 11) is 0. The summed E-state index contributed by atoms with van der Waals surface area (Å²) in [5, 5.41) is 15.4. The van der Waals surface area contributed by atoms with Gasteiger partial charge in [0.05, 0.1) is 36.3 Å². The van der Waals surface area contributed by atoms with Gasteiger partial charge in [0.25, 0.3) is 0 Å². The van der Waals surface area contributed by atoms with Gasteiger partial charge in [-0.3, -0.25) is 4.90 Å². The van der Waals surface area contributed by atoms with Crippen molar-refractivity contribution in [1.29, 1.82) is 0 Å². The van der Waals surface area contributed by atoms with Gasteiger partial charge >= 0.3 is 0 Å². The van der Waals surface area contributed by atoms with Crippen molar-refractivity contribution in [1.82, 2.24) is 14.7 Å². The Labute approximate surface area is 197 Å². The van der Waals surface area contributed by atoms with Crippen LogP contribution in [0.4, 0.5) is 0 Å². The van der Waals surface area contributed by atoms with Crippen LogP contribution >= 0.6 is 0 Å². The molecule has 6 nitrogen and oxygen atoms in total. The topological polar surface area (TPSA) is 59.8 Å². The van der Waals surface area contributed by atoms with Gasteiger partial charge in [-0.05, 0) is 44.5 Å². The summed E-state index contributed by atoms with van der Waals surface area (Å²) in [5.74, 6) is 1.46. The molecule has 0 bridgehead atoms. The molecule has 2 aromatic carbocycles. The quantitative estimate of drug-likeness (QED) is 0.294. The lowest BCUT2D eigenvalue weighted by molar-refractivity contribution is 0.0176. The first-order valence-electron chi connectivity index (χ1n) is 11.5. The molecular formula is C27H35N3O3. The molecule has 0 saturated carbocycles. The fourth-order valence-electron chi connectivity index (χ4n) is 3.64. The Morgan fingerprint density at radius 1 is 1.09 bits per heavy atom. The van der Waals surface area contributed by atoms with Crippen molar-refractivity contribution in [3.63, 3.8) is 0 Å². The molecule has 0 spiro atoms. The summed E-state index contributed by atoms with van der Waals surface area (Å²) >= 11 is 0. The first-order chi connectivity index (χ1) is 16.0. The third-order valence-corrected chi connectivity index (χ3v) is 5.40.